The van der Waals surface area contributed by atoms with E-state index in [4.69, 9.17) is 0 Å². The molecule has 2 rings (SSSR count). The highest BCUT2D eigenvalue weighted by atomic mass is 79.9. The maximum atomic E-state index is 10.2. The summed E-state index contributed by atoms with van der Waals surface area (Å²) in [6.45, 7) is 0. The molecule has 0 saturated carbocycles. The number of aryl methyl sites for hydroxylation is 1. The zero-order valence-electron chi connectivity index (χ0n) is 8.51. The lowest BCUT2D eigenvalue weighted by molar-refractivity contribution is 0.565. The third kappa shape index (κ3) is 2.10. The van der Waals surface area contributed by atoms with Crippen LogP contribution in [0.3, 0.4) is 0 Å². The van der Waals surface area contributed by atoms with Crippen LogP contribution in [-0.2, 0) is 11.8 Å². The molecule has 4 nitrogen and oxygen atoms in total. The Labute approximate surface area is 101 Å². The van der Waals surface area contributed by atoms with Crippen LogP contribution in [0, 0.1) is 0 Å². The summed E-state index contributed by atoms with van der Waals surface area (Å²) in [4.78, 5) is 13.7. The van der Waals surface area contributed by atoms with E-state index >= 15 is 0 Å². The highest BCUT2D eigenvalue weighted by Gasteiger charge is 2.07. The van der Waals surface area contributed by atoms with E-state index in [9.17, 15) is 4.79 Å². The molecule has 0 N–H and O–H groups in total. The van der Waals surface area contributed by atoms with Crippen molar-refractivity contribution in [2.75, 3.05) is 0 Å². The van der Waals surface area contributed by atoms with Crippen molar-refractivity contribution >= 4 is 27.7 Å². The molecule has 0 amide bonds. The Morgan fingerprint density at radius 1 is 1.50 bits per heavy atom. The van der Waals surface area contributed by atoms with Crippen molar-refractivity contribution in [1.82, 2.24) is 9.78 Å². The van der Waals surface area contributed by atoms with E-state index in [1.165, 1.54) is 6.08 Å². The summed E-state index contributed by atoms with van der Waals surface area (Å²) in [6.07, 6.45) is 3.39. The minimum absolute atomic E-state index is 0.574. The highest BCUT2D eigenvalue weighted by Crippen LogP contribution is 2.28. The van der Waals surface area contributed by atoms with Crippen LogP contribution in [0.4, 0.5) is 5.69 Å². The van der Waals surface area contributed by atoms with Gasteiger partial charge in [0.2, 0.25) is 6.08 Å². The standard InChI is InChI=1S/C11H8BrN3O/c1-15-6-10(12)11(14-15)8-3-2-4-9(5-8)13-7-16/h2-6H,1H3. The van der Waals surface area contributed by atoms with E-state index in [1.807, 2.05) is 25.4 Å². The van der Waals surface area contributed by atoms with Gasteiger partial charge in [0.1, 0.15) is 5.69 Å². The van der Waals surface area contributed by atoms with E-state index in [0.717, 1.165) is 15.7 Å². The highest BCUT2D eigenvalue weighted by molar-refractivity contribution is 9.10. The first kappa shape index (κ1) is 10.8. The first-order valence-corrected chi connectivity index (χ1v) is 5.37. The SMILES string of the molecule is Cn1cc(Br)c(-c2cccc(N=C=O)c2)n1. The van der Waals surface area contributed by atoms with E-state index < -0.39 is 0 Å². The molecule has 0 saturated heterocycles. The average molecular weight is 278 g/mol. The first-order valence-electron chi connectivity index (χ1n) is 4.58. The molecule has 0 unspecified atom stereocenters. The molecular weight excluding hydrogens is 270 g/mol. The van der Waals surface area contributed by atoms with Crippen LogP contribution >= 0.6 is 15.9 Å². The van der Waals surface area contributed by atoms with Gasteiger partial charge < -0.3 is 0 Å². The van der Waals surface area contributed by atoms with Gasteiger partial charge in [0.15, 0.2) is 0 Å². The summed E-state index contributed by atoms with van der Waals surface area (Å²) < 4.78 is 2.62. The molecule has 0 spiro atoms. The molecule has 0 fully saturated rings. The van der Waals surface area contributed by atoms with Gasteiger partial charge in [0, 0.05) is 18.8 Å². The molecule has 5 heteroatoms. The topological polar surface area (TPSA) is 47.2 Å². The second-order valence-electron chi connectivity index (χ2n) is 3.25. The van der Waals surface area contributed by atoms with Gasteiger partial charge in [-0.1, -0.05) is 12.1 Å². The molecule has 1 aromatic heterocycles. The van der Waals surface area contributed by atoms with Crippen LogP contribution in [0.25, 0.3) is 11.3 Å². The Morgan fingerprint density at radius 3 is 2.94 bits per heavy atom. The zero-order chi connectivity index (χ0) is 11.5. The van der Waals surface area contributed by atoms with E-state index in [-0.39, 0.29) is 0 Å². The van der Waals surface area contributed by atoms with Crippen molar-refractivity contribution < 1.29 is 4.79 Å². The third-order valence-electron chi connectivity index (χ3n) is 2.08. The fourth-order valence-corrected chi connectivity index (χ4v) is 2.04. The van der Waals surface area contributed by atoms with Gasteiger partial charge in [-0.05, 0) is 28.1 Å². The van der Waals surface area contributed by atoms with E-state index in [0.29, 0.717) is 5.69 Å². The minimum Gasteiger partial charge on any atom is -0.274 e. The van der Waals surface area contributed by atoms with Gasteiger partial charge in [0.25, 0.3) is 0 Å². The summed E-state index contributed by atoms with van der Waals surface area (Å²) in [5, 5.41) is 4.31. The van der Waals surface area contributed by atoms with Crippen molar-refractivity contribution in [1.29, 1.82) is 0 Å². The molecule has 80 valence electrons. The molecule has 0 atom stereocenters. The number of aromatic nitrogens is 2. The molecule has 0 aliphatic heterocycles. The van der Waals surface area contributed by atoms with Crippen LogP contribution in [0.15, 0.2) is 39.9 Å². The number of benzene rings is 1. The van der Waals surface area contributed by atoms with Crippen LogP contribution in [0.1, 0.15) is 0 Å². The van der Waals surface area contributed by atoms with Crippen LogP contribution in [0.2, 0.25) is 0 Å². The molecule has 2 aromatic rings. The lowest BCUT2D eigenvalue weighted by Crippen LogP contribution is -1.87. The number of rotatable bonds is 2. The summed E-state index contributed by atoms with van der Waals surface area (Å²) in [5.41, 5.74) is 2.31. The molecular formula is C11H8BrN3O. The number of hydrogen-bond donors (Lipinski definition) is 0. The van der Waals surface area contributed by atoms with E-state index in [1.54, 1.807) is 16.8 Å². The average Bonchev–Trinajstić information content (AvgIpc) is 2.59. The summed E-state index contributed by atoms with van der Waals surface area (Å²) >= 11 is 3.43. The molecule has 1 aromatic carbocycles. The van der Waals surface area contributed by atoms with Crippen molar-refractivity contribution in [3.05, 3.63) is 34.9 Å². The van der Waals surface area contributed by atoms with Crippen LogP contribution in [-0.4, -0.2) is 15.9 Å². The fourth-order valence-electron chi connectivity index (χ4n) is 1.43. The zero-order valence-corrected chi connectivity index (χ0v) is 10.1. The summed E-state index contributed by atoms with van der Waals surface area (Å²) in [7, 11) is 1.85. The number of isocyanates is 1. The Hall–Kier alpha value is -1.71. The van der Waals surface area contributed by atoms with Crippen molar-refractivity contribution in [3.8, 4) is 11.3 Å². The predicted octanol–water partition coefficient (Wildman–Crippen LogP) is 2.82. The lowest BCUT2D eigenvalue weighted by Gasteiger charge is -1.98. The molecule has 0 radical (unpaired) electrons. The van der Waals surface area contributed by atoms with Gasteiger partial charge in [0.05, 0.1) is 10.2 Å². The van der Waals surface area contributed by atoms with Crippen LogP contribution < -0.4 is 0 Å². The second-order valence-corrected chi connectivity index (χ2v) is 4.11. The maximum Gasteiger partial charge on any atom is 0.240 e. The quantitative estimate of drug-likeness (QED) is 0.626. The molecule has 16 heavy (non-hydrogen) atoms. The smallest absolute Gasteiger partial charge is 0.240 e. The molecule has 0 aliphatic rings. The Morgan fingerprint density at radius 2 is 2.31 bits per heavy atom. The van der Waals surface area contributed by atoms with Gasteiger partial charge in [-0.2, -0.15) is 10.1 Å². The fraction of sp³-hybridized carbons (Fsp3) is 0.0909. The second kappa shape index (κ2) is 4.43. The molecule has 0 bridgehead atoms. The normalized spacial score (nSPS) is 9.88. The van der Waals surface area contributed by atoms with Crippen molar-refractivity contribution in [2.24, 2.45) is 12.0 Å². The lowest BCUT2D eigenvalue weighted by atomic mass is 10.1. The van der Waals surface area contributed by atoms with Gasteiger partial charge in [-0.3, -0.25) is 4.68 Å². The number of halogens is 1. The Kier molecular flexibility index (Phi) is 2.99. The van der Waals surface area contributed by atoms with Gasteiger partial charge in [-0.15, -0.1) is 0 Å². The number of hydrogen-bond acceptors (Lipinski definition) is 3. The predicted molar refractivity (Wildman–Crippen MR) is 64.1 cm³/mol. The Balaban J connectivity index is 2.51. The van der Waals surface area contributed by atoms with Gasteiger partial charge in [-0.25, -0.2) is 4.79 Å². The Bertz CT molecular complexity index is 570. The monoisotopic (exact) mass is 277 g/mol. The number of nitrogens with zero attached hydrogens (tertiary/aromatic N) is 3. The number of aliphatic imine (C=N–C) groups is 1. The van der Waals surface area contributed by atoms with Gasteiger partial charge >= 0.3 is 0 Å². The van der Waals surface area contributed by atoms with Crippen molar-refractivity contribution in [2.45, 2.75) is 0 Å². The summed E-state index contributed by atoms with van der Waals surface area (Å²) in [6, 6.07) is 7.27. The van der Waals surface area contributed by atoms with Crippen LogP contribution in [0.5, 0.6) is 0 Å². The largest absolute Gasteiger partial charge is 0.274 e. The molecule has 0 aliphatic carbocycles. The van der Waals surface area contributed by atoms with E-state index in [2.05, 4.69) is 26.0 Å². The molecule has 1 heterocycles. The number of carbonyl (C=O) groups excluding carboxylic acids is 1. The third-order valence-corrected chi connectivity index (χ3v) is 2.66. The van der Waals surface area contributed by atoms with Crippen molar-refractivity contribution in [3.63, 3.8) is 0 Å². The maximum absolute atomic E-state index is 10.2. The minimum atomic E-state index is 0.574. The first-order chi connectivity index (χ1) is 7.70. The summed E-state index contributed by atoms with van der Waals surface area (Å²) in [5.74, 6) is 0.